The summed E-state index contributed by atoms with van der Waals surface area (Å²) in [5.74, 6) is -0.0782. The van der Waals surface area contributed by atoms with Gasteiger partial charge in [-0.05, 0) is 40.1 Å². The summed E-state index contributed by atoms with van der Waals surface area (Å²) in [6.07, 6.45) is 0. The fourth-order valence-electron chi connectivity index (χ4n) is 1.22. The van der Waals surface area contributed by atoms with E-state index < -0.39 is 0 Å². The minimum absolute atomic E-state index is 0.0683. The van der Waals surface area contributed by atoms with Crippen molar-refractivity contribution in [3.8, 4) is 0 Å². The lowest BCUT2D eigenvalue weighted by Crippen LogP contribution is -2.48. The van der Waals surface area contributed by atoms with Crippen molar-refractivity contribution in [2.24, 2.45) is 0 Å². The smallest absolute Gasteiger partial charge is 0.252 e. The van der Waals surface area contributed by atoms with Gasteiger partial charge in [0.05, 0.1) is 5.56 Å². The number of hydrogen-bond acceptors (Lipinski definition) is 3. The lowest BCUT2D eigenvalue weighted by molar-refractivity contribution is 0.0917. The number of hydrogen-bond donors (Lipinski definition) is 2. The second kappa shape index (κ2) is 5.56. The molecule has 0 aromatic heterocycles. The Labute approximate surface area is 109 Å². The standard InChI is InChI=1S/C13H20N2OS/c1-13(2,15(3)4)9-14-12(16)10-7-5-6-8-11(10)17/h5-8,17H,9H2,1-4H3,(H,14,16). The zero-order valence-electron chi connectivity index (χ0n) is 10.8. The Hall–Kier alpha value is -1.00. The fraction of sp³-hybridized carbons (Fsp3) is 0.462. The maximum absolute atomic E-state index is 12.0. The number of nitrogens with zero attached hydrogens (tertiary/aromatic N) is 1. The lowest BCUT2D eigenvalue weighted by atomic mass is 10.0. The first kappa shape index (κ1) is 14.1. The topological polar surface area (TPSA) is 32.3 Å². The molecule has 0 bridgehead atoms. The molecule has 94 valence electrons. The highest BCUT2D eigenvalue weighted by atomic mass is 32.1. The van der Waals surface area contributed by atoms with Crippen molar-refractivity contribution >= 4 is 18.5 Å². The van der Waals surface area contributed by atoms with E-state index in [1.807, 2.05) is 32.3 Å². The normalized spacial score (nSPS) is 11.6. The third-order valence-corrected chi connectivity index (χ3v) is 3.43. The zero-order chi connectivity index (χ0) is 13.1. The summed E-state index contributed by atoms with van der Waals surface area (Å²) in [5, 5.41) is 2.93. The van der Waals surface area contributed by atoms with E-state index in [1.54, 1.807) is 6.07 Å². The SMILES string of the molecule is CN(C)C(C)(C)CNC(=O)c1ccccc1S. The molecule has 0 aliphatic rings. The number of carbonyl (C=O) groups is 1. The van der Waals surface area contributed by atoms with Crippen LogP contribution in [0.15, 0.2) is 29.2 Å². The van der Waals surface area contributed by atoms with Crippen LogP contribution in [0.25, 0.3) is 0 Å². The van der Waals surface area contributed by atoms with Crippen LogP contribution >= 0.6 is 12.6 Å². The number of likely N-dealkylation sites (N-methyl/N-ethyl adjacent to an activating group) is 1. The van der Waals surface area contributed by atoms with Gasteiger partial charge >= 0.3 is 0 Å². The van der Waals surface area contributed by atoms with Crippen molar-refractivity contribution in [1.82, 2.24) is 10.2 Å². The first-order valence-corrected chi connectivity index (χ1v) is 6.03. The van der Waals surface area contributed by atoms with E-state index >= 15 is 0 Å². The molecule has 0 atom stereocenters. The summed E-state index contributed by atoms with van der Waals surface area (Å²) in [4.78, 5) is 14.7. The van der Waals surface area contributed by atoms with Crippen LogP contribution in [0.2, 0.25) is 0 Å². The molecule has 17 heavy (non-hydrogen) atoms. The number of nitrogens with one attached hydrogen (secondary N) is 1. The Morgan fingerprint density at radius 2 is 1.94 bits per heavy atom. The molecule has 4 heteroatoms. The van der Waals surface area contributed by atoms with E-state index in [9.17, 15) is 4.79 Å². The van der Waals surface area contributed by atoms with Crippen molar-refractivity contribution < 1.29 is 4.79 Å². The van der Waals surface area contributed by atoms with E-state index in [-0.39, 0.29) is 11.4 Å². The predicted octanol–water partition coefficient (Wildman–Crippen LogP) is 2.05. The maximum atomic E-state index is 12.0. The molecular weight excluding hydrogens is 232 g/mol. The Bertz CT molecular complexity index is 402. The summed E-state index contributed by atoms with van der Waals surface area (Å²) in [6.45, 7) is 4.76. The molecule has 0 saturated carbocycles. The van der Waals surface area contributed by atoms with Crippen LogP contribution in [-0.4, -0.2) is 37.0 Å². The molecule has 0 saturated heterocycles. The predicted molar refractivity (Wildman–Crippen MR) is 73.8 cm³/mol. The fourth-order valence-corrected chi connectivity index (χ4v) is 1.48. The second-order valence-corrected chi connectivity index (χ2v) is 5.39. The molecule has 1 amide bonds. The molecule has 0 radical (unpaired) electrons. The highest BCUT2D eigenvalue weighted by Crippen LogP contribution is 2.13. The first-order chi connectivity index (χ1) is 7.84. The average molecular weight is 252 g/mol. The van der Waals surface area contributed by atoms with Crippen LogP contribution in [0.3, 0.4) is 0 Å². The van der Waals surface area contributed by atoms with Gasteiger partial charge in [0.1, 0.15) is 0 Å². The molecule has 0 spiro atoms. The van der Waals surface area contributed by atoms with Crippen molar-refractivity contribution in [3.63, 3.8) is 0 Å². The molecule has 0 heterocycles. The summed E-state index contributed by atoms with van der Waals surface area (Å²) in [6, 6.07) is 7.30. The summed E-state index contributed by atoms with van der Waals surface area (Å²) in [5.41, 5.74) is 0.548. The Morgan fingerprint density at radius 3 is 2.47 bits per heavy atom. The molecule has 1 aromatic carbocycles. The molecule has 0 aliphatic heterocycles. The van der Waals surface area contributed by atoms with E-state index in [0.717, 1.165) is 0 Å². The molecule has 0 aliphatic carbocycles. The van der Waals surface area contributed by atoms with Crippen molar-refractivity contribution in [1.29, 1.82) is 0 Å². The summed E-state index contributed by atoms with van der Waals surface area (Å²) < 4.78 is 0. The zero-order valence-corrected chi connectivity index (χ0v) is 11.7. The van der Waals surface area contributed by atoms with Crippen LogP contribution in [0.4, 0.5) is 0 Å². The van der Waals surface area contributed by atoms with Gasteiger partial charge in [-0.3, -0.25) is 4.79 Å². The first-order valence-electron chi connectivity index (χ1n) is 5.58. The van der Waals surface area contributed by atoms with Gasteiger partial charge in [0.25, 0.3) is 5.91 Å². The van der Waals surface area contributed by atoms with Gasteiger partial charge in [-0.25, -0.2) is 0 Å². The van der Waals surface area contributed by atoms with Crippen molar-refractivity contribution in [2.75, 3.05) is 20.6 Å². The Kier molecular flexibility index (Phi) is 4.60. The molecule has 3 nitrogen and oxygen atoms in total. The molecule has 1 N–H and O–H groups in total. The highest BCUT2D eigenvalue weighted by Gasteiger charge is 2.21. The molecule has 1 aromatic rings. The largest absolute Gasteiger partial charge is 0.350 e. The van der Waals surface area contributed by atoms with Gasteiger partial charge in [-0.1, -0.05) is 12.1 Å². The van der Waals surface area contributed by atoms with Crippen molar-refractivity contribution in [2.45, 2.75) is 24.3 Å². The summed E-state index contributed by atoms with van der Waals surface area (Å²) in [7, 11) is 4.00. The van der Waals surface area contributed by atoms with E-state index in [2.05, 4.69) is 36.7 Å². The average Bonchev–Trinajstić information content (AvgIpc) is 2.26. The summed E-state index contributed by atoms with van der Waals surface area (Å²) >= 11 is 4.27. The van der Waals surface area contributed by atoms with Gasteiger partial charge in [0.15, 0.2) is 0 Å². The van der Waals surface area contributed by atoms with Gasteiger partial charge in [0, 0.05) is 17.0 Å². The minimum atomic E-state index is -0.0782. The van der Waals surface area contributed by atoms with Crippen LogP contribution in [0, 0.1) is 0 Å². The third-order valence-electron chi connectivity index (χ3n) is 3.04. The van der Waals surface area contributed by atoms with Gasteiger partial charge in [-0.2, -0.15) is 0 Å². The maximum Gasteiger partial charge on any atom is 0.252 e. The molecule has 0 unspecified atom stereocenters. The van der Waals surface area contributed by atoms with Crippen LogP contribution < -0.4 is 5.32 Å². The Morgan fingerprint density at radius 1 is 1.35 bits per heavy atom. The third kappa shape index (κ3) is 3.75. The molecule has 1 rings (SSSR count). The number of rotatable bonds is 4. The number of benzene rings is 1. The Balaban J connectivity index is 2.66. The minimum Gasteiger partial charge on any atom is -0.350 e. The highest BCUT2D eigenvalue weighted by molar-refractivity contribution is 7.80. The molecular formula is C13H20N2OS. The van der Waals surface area contributed by atoms with E-state index in [0.29, 0.717) is 17.0 Å². The molecule has 0 fully saturated rings. The van der Waals surface area contributed by atoms with E-state index in [1.165, 1.54) is 0 Å². The van der Waals surface area contributed by atoms with Crippen LogP contribution in [0.5, 0.6) is 0 Å². The lowest BCUT2D eigenvalue weighted by Gasteiger charge is -2.32. The monoisotopic (exact) mass is 252 g/mol. The van der Waals surface area contributed by atoms with Gasteiger partial charge in [-0.15, -0.1) is 12.6 Å². The number of amides is 1. The second-order valence-electron chi connectivity index (χ2n) is 4.91. The number of thiol groups is 1. The van der Waals surface area contributed by atoms with Crippen molar-refractivity contribution in [3.05, 3.63) is 29.8 Å². The number of carbonyl (C=O) groups excluding carboxylic acids is 1. The quantitative estimate of drug-likeness (QED) is 0.804. The van der Waals surface area contributed by atoms with Gasteiger partial charge < -0.3 is 10.2 Å². The van der Waals surface area contributed by atoms with E-state index in [4.69, 9.17) is 0 Å². The van der Waals surface area contributed by atoms with Crippen LogP contribution in [0.1, 0.15) is 24.2 Å². The van der Waals surface area contributed by atoms with Crippen LogP contribution in [-0.2, 0) is 0 Å². The van der Waals surface area contributed by atoms with Gasteiger partial charge in [0.2, 0.25) is 0 Å².